The van der Waals surface area contributed by atoms with Gasteiger partial charge in [0.25, 0.3) is 0 Å². The normalized spacial score (nSPS) is 18.1. The quantitative estimate of drug-likeness (QED) is 0.467. The first-order chi connectivity index (χ1) is 4.84. The molecule has 0 aliphatic carbocycles. The lowest BCUT2D eigenvalue weighted by Crippen LogP contribution is -2.36. The molecule has 3 nitrogen and oxygen atoms in total. The SMILES string of the molecule is N#CC(=O)N1CCSCC1. The van der Waals surface area contributed by atoms with E-state index in [9.17, 15) is 4.79 Å². The Morgan fingerprint density at radius 2 is 2.10 bits per heavy atom. The van der Waals surface area contributed by atoms with Crippen LogP contribution in [0.2, 0.25) is 0 Å². The molecule has 0 radical (unpaired) electrons. The van der Waals surface area contributed by atoms with E-state index in [1.54, 1.807) is 11.0 Å². The van der Waals surface area contributed by atoms with E-state index < -0.39 is 0 Å². The molecule has 10 heavy (non-hydrogen) atoms. The van der Waals surface area contributed by atoms with Crippen LogP contribution in [0.25, 0.3) is 0 Å². The van der Waals surface area contributed by atoms with Crippen molar-refractivity contribution < 1.29 is 4.79 Å². The Kier molecular flexibility index (Phi) is 2.57. The molecule has 54 valence electrons. The van der Waals surface area contributed by atoms with Gasteiger partial charge in [0.2, 0.25) is 0 Å². The van der Waals surface area contributed by atoms with Crippen LogP contribution in [0, 0.1) is 11.3 Å². The molecule has 1 heterocycles. The molecule has 1 rings (SSSR count). The zero-order valence-electron chi connectivity index (χ0n) is 5.54. The molecule has 0 aromatic heterocycles. The molecular weight excluding hydrogens is 148 g/mol. The topological polar surface area (TPSA) is 44.1 Å². The first-order valence-electron chi connectivity index (χ1n) is 3.11. The average Bonchev–Trinajstić information content (AvgIpc) is 2.05. The third-order valence-electron chi connectivity index (χ3n) is 1.39. The van der Waals surface area contributed by atoms with Crippen LogP contribution in [-0.2, 0) is 4.79 Å². The maximum atomic E-state index is 10.7. The zero-order valence-corrected chi connectivity index (χ0v) is 6.36. The molecule has 1 fully saturated rings. The van der Waals surface area contributed by atoms with Gasteiger partial charge in [0.1, 0.15) is 0 Å². The van der Waals surface area contributed by atoms with Crippen LogP contribution in [0.3, 0.4) is 0 Å². The van der Waals surface area contributed by atoms with Crippen molar-refractivity contribution in [1.82, 2.24) is 4.90 Å². The van der Waals surface area contributed by atoms with Crippen LogP contribution < -0.4 is 0 Å². The van der Waals surface area contributed by atoms with Crippen molar-refractivity contribution in [2.75, 3.05) is 24.6 Å². The Morgan fingerprint density at radius 1 is 1.50 bits per heavy atom. The predicted molar refractivity (Wildman–Crippen MR) is 39.5 cm³/mol. The molecule has 0 N–H and O–H groups in total. The average molecular weight is 156 g/mol. The second-order valence-corrected chi connectivity index (χ2v) is 3.24. The van der Waals surface area contributed by atoms with Crippen LogP contribution in [0.1, 0.15) is 0 Å². The van der Waals surface area contributed by atoms with E-state index in [-0.39, 0.29) is 5.91 Å². The van der Waals surface area contributed by atoms with Crippen molar-refractivity contribution in [3.05, 3.63) is 0 Å². The molecule has 0 unspecified atom stereocenters. The van der Waals surface area contributed by atoms with Crippen molar-refractivity contribution >= 4 is 17.7 Å². The minimum atomic E-state index is -0.389. The zero-order chi connectivity index (χ0) is 7.40. The van der Waals surface area contributed by atoms with Gasteiger partial charge < -0.3 is 4.90 Å². The summed E-state index contributed by atoms with van der Waals surface area (Å²) in [6.07, 6.45) is 0. The standard InChI is InChI=1S/C6H8N2OS/c7-5-6(9)8-1-3-10-4-2-8/h1-4H2. The third-order valence-corrected chi connectivity index (χ3v) is 2.34. The molecular formula is C6H8N2OS. The number of nitrogens with zero attached hydrogens (tertiary/aromatic N) is 2. The lowest BCUT2D eigenvalue weighted by atomic mass is 10.5. The second kappa shape index (κ2) is 3.47. The van der Waals surface area contributed by atoms with Crippen molar-refractivity contribution in [3.8, 4) is 6.07 Å². The fourth-order valence-corrected chi connectivity index (χ4v) is 1.74. The highest BCUT2D eigenvalue weighted by atomic mass is 32.2. The number of thioether (sulfide) groups is 1. The fraction of sp³-hybridized carbons (Fsp3) is 0.667. The Bertz CT molecular complexity index is 169. The van der Waals surface area contributed by atoms with Crippen LogP contribution in [0.5, 0.6) is 0 Å². The van der Waals surface area contributed by atoms with Crippen LogP contribution in [0.4, 0.5) is 0 Å². The number of carbonyl (C=O) groups is 1. The highest BCUT2D eigenvalue weighted by Crippen LogP contribution is 2.08. The van der Waals surface area contributed by atoms with E-state index in [4.69, 9.17) is 5.26 Å². The molecule has 0 bridgehead atoms. The number of carbonyl (C=O) groups excluding carboxylic acids is 1. The maximum absolute atomic E-state index is 10.7. The van der Waals surface area contributed by atoms with Gasteiger partial charge in [-0.1, -0.05) is 0 Å². The summed E-state index contributed by atoms with van der Waals surface area (Å²) in [5.41, 5.74) is 0. The van der Waals surface area contributed by atoms with Gasteiger partial charge >= 0.3 is 5.91 Å². The maximum Gasteiger partial charge on any atom is 0.325 e. The summed E-state index contributed by atoms with van der Waals surface area (Å²) < 4.78 is 0. The third kappa shape index (κ3) is 1.64. The molecule has 0 spiro atoms. The molecule has 0 saturated carbocycles. The largest absolute Gasteiger partial charge is 0.329 e. The van der Waals surface area contributed by atoms with E-state index in [0.717, 1.165) is 24.6 Å². The number of nitriles is 1. The number of amides is 1. The van der Waals surface area contributed by atoms with Crippen molar-refractivity contribution in [2.45, 2.75) is 0 Å². The van der Waals surface area contributed by atoms with E-state index in [1.807, 2.05) is 11.8 Å². The summed E-state index contributed by atoms with van der Waals surface area (Å²) in [6.45, 7) is 1.47. The summed E-state index contributed by atoms with van der Waals surface area (Å²) in [7, 11) is 0. The van der Waals surface area contributed by atoms with Gasteiger partial charge in [0.05, 0.1) is 0 Å². The summed E-state index contributed by atoms with van der Waals surface area (Å²) in [6, 6.07) is 1.61. The van der Waals surface area contributed by atoms with Gasteiger partial charge in [-0.15, -0.1) is 0 Å². The molecule has 0 aromatic carbocycles. The lowest BCUT2D eigenvalue weighted by Gasteiger charge is -2.23. The van der Waals surface area contributed by atoms with E-state index in [1.165, 1.54) is 0 Å². The van der Waals surface area contributed by atoms with Crippen molar-refractivity contribution in [2.24, 2.45) is 0 Å². The molecule has 0 atom stereocenters. The van der Waals surface area contributed by atoms with E-state index in [2.05, 4.69) is 0 Å². The Morgan fingerprint density at radius 3 is 2.60 bits per heavy atom. The Labute approximate surface area is 64.0 Å². The van der Waals surface area contributed by atoms with Crippen molar-refractivity contribution in [1.29, 1.82) is 5.26 Å². The van der Waals surface area contributed by atoms with Gasteiger partial charge in [0, 0.05) is 24.6 Å². The highest BCUT2D eigenvalue weighted by molar-refractivity contribution is 7.99. The molecule has 1 saturated heterocycles. The van der Waals surface area contributed by atoms with Gasteiger partial charge in [-0.05, 0) is 0 Å². The van der Waals surface area contributed by atoms with Crippen LogP contribution in [-0.4, -0.2) is 35.4 Å². The summed E-state index contributed by atoms with van der Waals surface area (Å²) >= 11 is 1.82. The van der Waals surface area contributed by atoms with Gasteiger partial charge in [-0.2, -0.15) is 17.0 Å². The molecule has 1 aliphatic rings. The first-order valence-corrected chi connectivity index (χ1v) is 4.27. The summed E-state index contributed by atoms with van der Waals surface area (Å²) in [4.78, 5) is 12.3. The minimum absolute atomic E-state index is 0.389. The van der Waals surface area contributed by atoms with Gasteiger partial charge in [0.15, 0.2) is 6.07 Å². The monoisotopic (exact) mass is 156 g/mol. The van der Waals surface area contributed by atoms with Gasteiger partial charge in [-0.3, -0.25) is 4.79 Å². The Hall–Kier alpha value is -0.690. The summed E-state index contributed by atoms with van der Waals surface area (Å²) in [5.74, 6) is 1.54. The number of rotatable bonds is 0. The molecule has 1 aliphatic heterocycles. The molecule has 1 amide bonds. The van der Waals surface area contributed by atoms with Crippen molar-refractivity contribution in [3.63, 3.8) is 0 Å². The second-order valence-electron chi connectivity index (χ2n) is 2.02. The van der Waals surface area contributed by atoms with Crippen LogP contribution >= 0.6 is 11.8 Å². The number of hydrogen-bond acceptors (Lipinski definition) is 3. The van der Waals surface area contributed by atoms with E-state index >= 15 is 0 Å². The first kappa shape index (κ1) is 7.42. The van der Waals surface area contributed by atoms with Crippen LogP contribution in [0.15, 0.2) is 0 Å². The molecule has 4 heteroatoms. The lowest BCUT2D eigenvalue weighted by molar-refractivity contribution is -0.124. The van der Waals surface area contributed by atoms with Gasteiger partial charge in [-0.25, -0.2) is 0 Å². The number of hydrogen-bond donors (Lipinski definition) is 0. The Balaban J connectivity index is 2.40. The predicted octanol–water partition coefficient (Wildman–Crippen LogP) is 0.0854. The fourth-order valence-electron chi connectivity index (χ4n) is 0.837. The smallest absolute Gasteiger partial charge is 0.325 e. The highest BCUT2D eigenvalue weighted by Gasteiger charge is 2.14. The van der Waals surface area contributed by atoms with E-state index in [0.29, 0.717) is 0 Å². The molecule has 0 aromatic rings. The summed E-state index contributed by atoms with van der Waals surface area (Å²) in [5, 5.41) is 8.24. The minimum Gasteiger partial charge on any atom is -0.329 e.